The van der Waals surface area contributed by atoms with E-state index in [9.17, 15) is 40.3 Å². The van der Waals surface area contributed by atoms with Crippen LogP contribution >= 0.6 is 7.26 Å². The number of carbonyl (C=O) groups excluding carboxylic acids is 2. The molecule has 0 N–H and O–H groups in total. The van der Waals surface area contributed by atoms with E-state index in [0.29, 0.717) is 6.16 Å². The highest BCUT2D eigenvalue weighted by molar-refractivity contribution is 7.75. The molecule has 0 heterocycles. The van der Waals surface area contributed by atoms with Crippen molar-refractivity contribution in [3.05, 3.63) is 0 Å². The van der Waals surface area contributed by atoms with Gasteiger partial charge >= 0.3 is 18.0 Å². The maximum atomic E-state index is 13.4. The molecule has 26 heavy (non-hydrogen) atoms. The average molecular weight is 413 g/mol. The molecule has 154 valence electrons. The van der Waals surface area contributed by atoms with Crippen molar-refractivity contribution in [3.8, 4) is 0 Å². The molecule has 0 saturated heterocycles. The van der Waals surface area contributed by atoms with E-state index >= 15 is 0 Å². The number of Topliss-reactive ketones (excluding diaryl/α,β-unsaturated/α-hetero) is 2. The molecule has 2 nitrogen and oxygen atoms in total. The van der Waals surface area contributed by atoms with Crippen molar-refractivity contribution in [3.63, 3.8) is 0 Å². The molecule has 0 rings (SSSR count). The van der Waals surface area contributed by atoms with Gasteiger partial charge in [0.15, 0.2) is 0 Å². The van der Waals surface area contributed by atoms with Gasteiger partial charge in [-0.25, -0.2) is 0 Å². The van der Waals surface area contributed by atoms with Gasteiger partial charge in [-0.05, 0) is 34.6 Å². The molecule has 0 aliphatic heterocycles. The maximum Gasteiger partial charge on any atom is 0.460 e. The predicted molar refractivity (Wildman–Crippen MR) is 87.8 cm³/mol. The van der Waals surface area contributed by atoms with Gasteiger partial charge in [0.05, 0.1) is 36.5 Å². The minimum absolute atomic E-state index is 0.316. The largest absolute Gasteiger partial charge is 0.460 e. The van der Waals surface area contributed by atoms with E-state index in [1.54, 1.807) is 0 Å². The fourth-order valence-corrected chi connectivity index (χ4v) is 6.65. The van der Waals surface area contributed by atoms with E-state index in [4.69, 9.17) is 0 Å². The molecular weight excluding hydrogens is 388 g/mol. The van der Waals surface area contributed by atoms with Crippen LogP contribution in [-0.4, -0.2) is 54.2 Å². The van der Waals surface area contributed by atoms with Gasteiger partial charge in [0.1, 0.15) is 5.78 Å². The Bertz CT molecular complexity index is 515. The molecule has 0 aliphatic carbocycles. The smallest absolute Gasteiger partial charge is 0.298 e. The lowest BCUT2D eigenvalue weighted by Crippen LogP contribution is -2.56. The summed E-state index contributed by atoms with van der Waals surface area (Å²) in [5.74, 6) is -16.3. The van der Waals surface area contributed by atoms with Crippen LogP contribution in [0.15, 0.2) is 0 Å². The van der Waals surface area contributed by atoms with Crippen LogP contribution in [0.4, 0.5) is 30.7 Å². The maximum absolute atomic E-state index is 13.4. The molecule has 0 amide bonds. The van der Waals surface area contributed by atoms with Crippen molar-refractivity contribution >= 4 is 18.8 Å². The first kappa shape index (κ1) is 25.3. The fraction of sp³-hybridized carbons (Fsp3) is 0.875. The molecule has 0 aliphatic rings. The lowest BCUT2D eigenvalue weighted by atomic mass is 9.86. The number of carbonyl (C=O) groups is 2. The van der Waals surface area contributed by atoms with E-state index in [1.165, 1.54) is 13.8 Å². The van der Waals surface area contributed by atoms with E-state index in [-0.39, 0.29) is 0 Å². The van der Waals surface area contributed by atoms with Crippen molar-refractivity contribution in [1.82, 2.24) is 0 Å². The summed E-state index contributed by atoms with van der Waals surface area (Å²) < 4.78 is 89.2. The second-order valence-corrected chi connectivity index (χ2v) is 11.9. The Labute approximate surface area is 149 Å². The zero-order chi connectivity index (χ0) is 21.2. The normalized spacial score (nSPS) is 14.5. The molecule has 0 unspecified atom stereocenters. The summed E-state index contributed by atoms with van der Waals surface area (Å²) in [7, 11) is -1.61. The third-order valence-electron chi connectivity index (χ3n) is 4.92. The second kappa shape index (κ2) is 8.11. The van der Waals surface area contributed by atoms with Gasteiger partial charge in [0, 0.05) is 7.26 Å². The highest BCUT2D eigenvalue weighted by atomic mass is 31.2. The van der Waals surface area contributed by atoms with Crippen LogP contribution in [0.3, 0.4) is 0 Å². The standard InChI is InChI=1S/C16H25F7O2P/c1-6-26(7-2,8-3)10-13(4,5)11(24)9-12(25)14(17,18)15(19,20)16(21,22)23/h6-10H2,1-5H3/q+1. The molecule has 0 radical (unpaired) electrons. The first-order valence-corrected chi connectivity index (χ1v) is 10.7. The topological polar surface area (TPSA) is 34.1 Å². The van der Waals surface area contributed by atoms with Crippen LogP contribution in [0, 0.1) is 5.41 Å². The highest BCUT2D eigenvalue weighted by Crippen LogP contribution is 2.61. The summed E-state index contributed by atoms with van der Waals surface area (Å²) in [6, 6.07) is 0. The van der Waals surface area contributed by atoms with Crippen LogP contribution < -0.4 is 0 Å². The monoisotopic (exact) mass is 413 g/mol. The lowest BCUT2D eigenvalue weighted by molar-refractivity contribution is -0.343. The molecule has 0 aromatic rings. The van der Waals surface area contributed by atoms with Crippen molar-refractivity contribution < 1.29 is 40.3 Å². The predicted octanol–water partition coefficient (Wildman–Crippen LogP) is 5.45. The van der Waals surface area contributed by atoms with Gasteiger partial charge in [-0.3, -0.25) is 9.59 Å². The Morgan fingerprint density at radius 1 is 0.769 bits per heavy atom. The molecule has 0 spiro atoms. The van der Waals surface area contributed by atoms with Crippen LogP contribution in [0.25, 0.3) is 0 Å². The van der Waals surface area contributed by atoms with E-state index in [2.05, 4.69) is 0 Å². The van der Waals surface area contributed by atoms with Crippen LogP contribution in [0.1, 0.15) is 41.0 Å². The fourth-order valence-electron chi connectivity index (χ4n) is 2.78. The quantitative estimate of drug-likeness (QED) is 0.271. The van der Waals surface area contributed by atoms with Gasteiger partial charge in [0.2, 0.25) is 5.78 Å². The van der Waals surface area contributed by atoms with E-state index < -0.39 is 48.7 Å². The zero-order valence-corrected chi connectivity index (χ0v) is 16.3. The summed E-state index contributed by atoms with van der Waals surface area (Å²) in [4.78, 5) is 23.7. The van der Waals surface area contributed by atoms with E-state index in [1.807, 2.05) is 20.8 Å². The van der Waals surface area contributed by atoms with Gasteiger partial charge in [-0.1, -0.05) is 0 Å². The van der Waals surface area contributed by atoms with Gasteiger partial charge in [-0.2, -0.15) is 30.7 Å². The molecule has 10 heteroatoms. The van der Waals surface area contributed by atoms with Crippen molar-refractivity contribution in [1.29, 1.82) is 0 Å². The number of hydrogen-bond donors (Lipinski definition) is 0. The SMILES string of the molecule is CC[P+](CC)(CC)CC(C)(C)C(=O)CC(=O)C(F)(F)C(F)(F)C(F)(F)F. The number of hydrogen-bond acceptors (Lipinski definition) is 2. The number of rotatable bonds is 10. The highest BCUT2D eigenvalue weighted by Gasteiger charge is 2.75. The number of ketones is 2. The molecular formula is C16H25F7O2P+. The molecule has 0 bridgehead atoms. The van der Waals surface area contributed by atoms with Gasteiger partial charge in [-0.15, -0.1) is 0 Å². The molecule has 0 fully saturated rings. The van der Waals surface area contributed by atoms with Gasteiger partial charge in [0.25, 0.3) is 0 Å². The summed E-state index contributed by atoms with van der Waals surface area (Å²) in [5.41, 5.74) is -1.27. The van der Waals surface area contributed by atoms with E-state index in [0.717, 1.165) is 18.5 Å². The zero-order valence-electron chi connectivity index (χ0n) is 15.4. The Morgan fingerprint density at radius 3 is 1.46 bits per heavy atom. The summed E-state index contributed by atoms with van der Waals surface area (Å²) in [6.07, 6.45) is -5.63. The van der Waals surface area contributed by atoms with Crippen LogP contribution in [0.2, 0.25) is 0 Å². The number of halogens is 7. The molecule has 0 aromatic carbocycles. The Hall–Kier alpha value is -0.720. The molecule has 0 saturated carbocycles. The van der Waals surface area contributed by atoms with Crippen molar-refractivity contribution in [2.45, 2.75) is 59.1 Å². The summed E-state index contributed by atoms with van der Waals surface area (Å²) >= 11 is 0. The summed E-state index contributed by atoms with van der Waals surface area (Å²) in [6.45, 7) is 8.57. The third kappa shape index (κ3) is 4.96. The Morgan fingerprint density at radius 2 is 1.15 bits per heavy atom. The van der Waals surface area contributed by atoms with Crippen molar-refractivity contribution in [2.75, 3.05) is 24.6 Å². The Kier molecular flexibility index (Phi) is 7.89. The molecule has 0 aromatic heterocycles. The van der Waals surface area contributed by atoms with Gasteiger partial charge < -0.3 is 0 Å². The summed E-state index contributed by atoms with van der Waals surface area (Å²) in [5, 5.41) is 0. The van der Waals surface area contributed by atoms with Crippen LogP contribution in [-0.2, 0) is 9.59 Å². The second-order valence-electron chi connectivity index (χ2n) is 7.00. The minimum atomic E-state index is -6.60. The lowest BCUT2D eigenvalue weighted by Gasteiger charge is -2.33. The molecule has 0 atom stereocenters. The van der Waals surface area contributed by atoms with Crippen LogP contribution in [0.5, 0.6) is 0 Å². The third-order valence-corrected chi connectivity index (χ3v) is 10.4. The Balaban J connectivity index is 5.46. The minimum Gasteiger partial charge on any atom is -0.298 e. The first-order chi connectivity index (χ1) is 11.4. The average Bonchev–Trinajstić information content (AvgIpc) is 2.51. The first-order valence-electron chi connectivity index (χ1n) is 8.18. The van der Waals surface area contributed by atoms with Crippen molar-refractivity contribution in [2.24, 2.45) is 5.41 Å². The number of alkyl halides is 7.